The van der Waals surface area contributed by atoms with Crippen molar-refractivity contribution in [3.63, 3.8) is 0 Å². The van der Waals surface area contributed by atoms with Gasteiger partial charge in [-0.2, -0.15) is 0 Å². The van der Waals surface area contributed by atoms with Gasteiger partial charge in [0.05, 0.1) is 10.2 Å². The van der Waals surface area contributed by atoms with Gasteiger partial charge in [0.15, 0.2) is 0 Å². The lowest BCUT2D eigenvalue weighted by Gasteiger charge is -2.38. The first-order valence-corrected chi connectivity index (χ1v) is 10.4. The molecule has 0 radical (unpaired) electrons. The quantitative estimate of drug-likeness (QED) is 0.587. The summed E-state index contributed by atoms with van der Waals surface area (Å²) in [4.78, 5) is 24.7. The molecule has 136 valence electrons. The smallest absolute Gasteiger partial charge is 0.269 e. The summed E-state index contributed by atoms with van der Waals surface area (Å²) in [6, 6.07) is 6.30. The van der Waals surface area contributed by atoms with Gasteiger partial charge in [-0.25, -0.2) is 8.42 Å². The lowest BCUT2D eigenvalue weighted by molar-refractivity contribution is -0.384. The van der Waals surface area contributed by atoms with Crippen LogP contribution in [0.1, 0.15) is 37.7 Å². The summed E-state index contributed by atoms with van der Waals surface area (Å²) < 4.78 is 23.6. The summed E-state index contributed by atoms with van der Waals surface area (Å²) in [7, 11) is -3.06. The molecule has 0 aliphatic carbocycles. The van der Waals surface area contributed by atoms with E-state index >= 15 is 0 Å². The predicted octanol–water partition coefficient (Wildman–Crippen LogP) is 2.09. The summed E-state index contributed by atoms with van der Waals surface area (Å²) in [5.41, 5.74) is 0.924. The summed E-state index contributed by atoms with van der Waals surface area (Å²) in [5, 5.41) is 10.3. The average molecular weight is 366 g/mol. The van der Waals surface area contributed by atoms with Crippen LogP contribution in [0.25, 0.3) is 0 Å². The Bertz CT molecular complexity index is 761. The second-order valence-electron chi connectivity index (χ2n) is 7.03. The molecule has 3 rings (SSSR count). The number of piperidine rings is 1. The third kappa shape index (κ3) is 3.84. The van der Waals surface area contributed by atoms with Crippen LogP contribution < -0.4 is 0 Å². The Kier molecular flexibility index (Phi) is 4.81. The Labute approximate surface area is 147 Å². The van der Waals surface area contributed by atoms with Crippen LogP contribution in [0.5, 0.6) is 0 Å². The fourth-order valence-electron chi connectivity index (χ4n) is 4.05. The number of fused-ring (bicyclic) bond motifs is 2. The summed E-state index contributed by atoms with van der Waals surface area (Å²) in [6.07, 6.45) is 4.98. The van der Waals surface area contributed by atoms with E-state index in [1.54, 1.807) is 12.1 Å². The molecule has 2 bridgehead atoms. The molecule has 2 atom stereocenters. The molecule has 0 N–H and O–H groups in total. The van der Waals surface area contributed by atoms with Crippen LogP contribution in [0.2, 0.25) is 0 Å². The lowest BCUT2D eigenvalue weighted by Crippen LogP contribution is -2.49. The third-order valence-corrected chi connectivity index (χ3v) is 6.95. The number of nitro benzene ring substituents is 1. The molecule has 0 saturated carbocycles. The van der Waals surface area contributed by atoms with Crippen molar-refractivity contribution in [1.82, 2.24) is 4.90 Å². The highest BCUT2D eigenvalue weighted by atomic mass is 32.2. The van der Waals surface area contributed by atoms with Gasteiger partial charge in [-0.3, -0.25) is 14.9 Å². The van der Waals surface area contributed by atoms with Crippen molar-refractivity contribution in [2.24, 2.45) is 0 Å². The van der Waals surface area contributed by atoms with Crippen LogP contribution in [0.4, 0.5) is 5.69 Å². The normalized spacial score (nSPS) is 25.8. The van der Waals surface area contributed by atoms with Crippen LogP contribution in [-0.2, 0) is 21.1 Å². The summed E-state index contributed by atoms with van der Waals surface area (Å²) in [6.45, 7) is 0. The molecule has 2 unspecified atom stereocenters. The van der Waals surface area contributed by atoms with Gasteiger partial charge in [0.1, 0.15) is 9.84 Å². The van der Waals surface area contributed by atoms with E-state index < -0.39 is 14.8 Å². The maximum atomic E-state index is 12.6. The first-order valence-electron chi connectivity index (χ1n) is 8.49. The molecule has 7 nitrogen and oxygen atoms in total. The van der Waals surface area contributed by atoms with Crippen LogP contribution >= 0.6 is 0 Å². The Balaban J connectivity index is 1.60. The Morgan fingerprint density at radius 2 is 1.76 bits per heavy atom. The number of aryl methyl sites for hydroxylation is 1. The summed E-state index contributed by atoms with van der Waals surface area (Å²) >= 11 is 0. The summed E-state index contributed by atoms with van der Waals surface area (Å²) in [5.74, 6) is 0.0535. The van der Waals surface area contributed by atoms with Crippen molar-refractivity contribution in [1.29, 1.82) is 0 Å². The SMILES string of the molecule is CS(=O)(=O)C1CC2CCC(C1)N2C(=O)CCc1ccc([N+](=O)[O-])cc1. The van der Waals surface area contributed by atoms with E-state index in [4.69, 9.17) is 0 Å². The first kappa shape index (κ1) is 17.8. The Hall–Kier alpha value is -1.96. The minimum atomic E-state index is -3.06. The molecule has 8 heteroatoms. The number of carbonyl (C=O) groups excluding carboxylic acids is 1. The number of rotatable bonds is 5. The largest absolute Gasteiger partial charge is 0.337 e. The highest BCUT2D eigenvalue weighted by molar-refractivity contribution is 7.91. The van der Waals surface area contributed by atoms with E-state index in [0.717, 1.165) is 18.4 Å². The molecule has 2 fully saturated rings. The Morgan fingerprint density at radius 3 is 2.24 bits per heavy atom. The van der Waals surface area contributed by atoms with Gasteiger partial charge < -0.3 is 4.90 Å². The predicted molar refractivity (Wildman–Crippen MR) is 92.9 cm³/mol. The monoisotopic (exact) mass is 366 g/mol. The Morgan fingerprint density at radius 1 is 1.20 bits per heavy atom. The van der Waals surface area contributed by atoms with Crippen molar-refractivity contribution in [3.05, 3.63) is 39.9 Å². The minimum Gasteiger partial charge on any atom is -0.337 e. The molecule has 0 aromatic heterocycles. The van der Waals surface area contributed by atoms with E-state index in [1.165, 1.54) is 18.4 Å². The van der Waals surface area contributed by atoms with Gasteiger partial charge in [-0.1, -0.05) is 12.1 Å². The van der Waals surface area contributed by atoms with E-state index in [9.17, 15) is 23.3 Å². The van der Waals surface area contributed by atoms with Gasteiger partial charge in [0.2, 0.25) is 5.91 Å². The zero-order valence-corrected chi connectivity index (χ0v) is 14.9. The van der Waals surface area contributed by atoms with Crippen molar-refractivity contribution < 1.29 is 18.1 Å². The van der Waals surface area contributed by atoms with Crippen LogP contribution in [0, 0.1) is 10.1 Å². The molecule has 0 spiro atoms. The van der Waals surface area contributed by atoms with Crippen LogP contribution in [-0.4, -0.2) is 47.7 Å². The lowest BCUT2D eigenvalue weighted by atomic mass is 10.0. The number of non-ortho nitro benzene ring substituents is 1. The highest BCUT2D eigenvalue weighted by Crippen LogP contribution is 2.38. The molecular weight excluding hydrogens is 344 g/mol. The first-order chi connectivity index (χ1) is 11.8. The number of sulfone groups is 1. The molecular formula is C17H22N2O5S. The van der Waals surface area contributed by atoms with E-state index in [-0.39, 0.29) is 28.9 Å². The van der Waals surface area contributed by atoms with E-state index in [0.29, 0.717) is 25.7 Å². The topological polar surface area (TPSA) is 97.6 Å². The number of hydrogen-bond donors (Lipinski definition) is 0. The molecule has 2 heterocycles. The van der Waals surface area contributed by atoms with E-state index in [1.807, 2.05) is 4.90 Å². The van der Waals surface area contributed by atoms with Gasteiger partial charge in [-0.05, 0) is 37.7 Å². The van der Waals surface area contributed by atoms with Gasteiger partial charge in [0, 0.05) is 36.9 Å². The zero-order valence-electron chi connectivity index (χ0n) is 14.1. The van der Waals surface area contributed by atoms with E-state index in [2.05, 4.69) is 0 Å². The number of benzene rings is 1. The van der Waals surface area contributed by atoms with Crippen LogP contribution in [0.3, 0.4) is 0 Å². The van der Waals surface area contributed by atoms with Gasteiger partial charge in [0.25, 0.3) is 5.69 Å². The van der Waals surface area contributed by atoms with Crippen molar-refractivity contribution in [3.8, 4) is 0 Å². The van der Waals surface area contributed by atoms with Crippen LogP contribution in [0.15, 0.2) is 24.3 Å². The molecule has 2 saturated heterocycles. The second-order valence-corrected chi connectivity index (χ2v) is 9.36. The molecule has 1 amide bonds. The maximum Gasteiger partial charge on any atom is 0.269 e. The highest BCUT2D eigenvalue weighted by Gasteiger charge is 2.45. The number of amides is 1. The van der Waals surface area contributed by atoms with Crippen molar-refractivity contribution in [2.75, 3.05) is 6.26 Å². The average Bonchev–Trinajstić information content (AvgIpc) is 2.81. The number of carbonyl (C=O) groups is 1. The molecule has 2 aliphatic heterocycles. The molecule has 2 aliphatic rings. The fourth-order valence-corrected chi connectivity index (χ4v) is 5.19. The zero-order chi connectivity index (χ0) is 18.2. The number of nitro groups is 1. The molecule has 1 aromatic carbocycles. The number of hydrogen-bond acceptors (Lipinski definition) is 5. The molecule has 25 heavy (non-hydrogen) atoms. The molecule has 1 aromatic rings. The maximum absolute atomic E-state index is 12.6. The number of nitrogens with zero attached hydrogens (tertiary/aromatic N) is 2. The minimum absolute atomic E-state index is 0.0304. The standard InChI is InChI=1S/C17H22N2O5S/c1-25(23,24)16-10-14-7-8-15(11-16)18(14)17(20)9-4-12-2-5-13(6-3-12)19(21)22/h2-3,5-6,14-16H,4,7-11H2,1H3. The van der Waals surface area contributed by atoms with Crippen molar-refractivity contribution >= 4 is 21.4 Å². The van der Waals surface area contributed by atoms with Crippen molar-refractivity contribution in [2.45, 2.75) is 55.9 Å². The van der Waals surface area contributed by atoms with Gasteiger partial charge in [-0.15, -0.1) is 0 Å². The second kappa shape index (κ2) is 6.74. The van der Waals surface area contributed by atoms with Gasteiger partial charge >= 0.3 is 0 Å². The third-order valence-electron chi connectivity index (χ3n) is 5.36. The fraction of sp³-hybridized carbons (Fsp3) is 0.588.